The second-order valence-electron chi connectivity index (χ2n) is 1.16. The molecule has 37 valence electrons. The molecule has 1 heterocycles. The van der Waals surface area contributed by atoms with Crippen molar-refractivity contribution in [1.82, 2.24) is 4.42 Å². The fourth-order valence-electron chi connectivity index (χ4n) is 0.329. The zero-order valence-corrected chi connectivity index (χ0v) is 4.39. The summed E-state index contributed by atoms with van der Waals surface area (Å²) in [5.41, 5.74) is 0. The first-order chi connectivity index (χ1) is 3.39. The first kappa shape index (κ1) is 4.65. The van der Waals surface area contributed by atoms with Gasteiger partial charge in [-0.15, -0.1) is 0 Å². The second kappa shape index (κ2) is 1.98. The Hall–Kier alpha value is -0.500. The van der Waals surface area contributed by atoms with Crippen LogP contribution in [0.3, 0.4) is 0 Å². The number of hydrogen-bond donors (Lipinski definition) is 0. The maximum absolute atomic E-state index is 5.39. The van der Waals surface area contributed by atoms with Crippen LogP contribution in [0.15, 0.2) is 17.3 Å². The molecule has 0 saturated carbocycles. The van der Waals surface area contributed by atoms with Crippen LogP contribution in [0.1, 0.15) is 0 Å². The summed E-state index contributed by atoms with van der Waals surface area (Å²) in [4.78, 5) is 3.62. The molecular formula is C4H4ClN2. The van der Waals surface area contributed by atoms with E-state index in [1.807, 2.05) is 6.08 Å². The van der Waals surface area contributed by atoms with Gasteiger partial charge >= 0.3 is 0 Å². The van der Waals surface area contributed by atoms with Crippen molar-refractivity contribution in [1.29, 1.82) is 0 Å². The largest absolute Gasteiger partial charge is 0.262 e. The van der Waals surface area contributed by atoms with Gasteiger partial charge in [0.15, 0.2) is 6.34 Å². The van der Waals surface area contributed by atoms with Crippen LogP contribution >= 0.6 is 11.8 Å². The summed E-state index contributed by atoms with van der Waals surface area (Å²) in [5, 5.41) is 0. The summed E-state index contributed by atoms with van der Waals surface area (Å²) < 4.78 is 1.36. The fraction of sp³-hybridized carbons (Fsp3) is 0.250. The summed E-state index contributed by atoms with van der Waals surface area (Å²) in [5.74, 6) is 0. The van der Waals surface area contributed by atoms with E-state index < -0.39 is 0 Å². The zero-order valence-electron chi connectivity index (χ0n) is 3.63. The third kappa shape index (κ3) is 1.20. The number of rotatable bonds is 0. The van der Waals surface area contributed by atoms with Gasteiger partial charge in [-0.3, -0.25) is 4.42 Å². The van der Waals surface area contributed by atoms with Gasteiger partial charge in [-0.05, 0) is 6.08 Å². The SMILES string of the molecule is ClN1[C]=NC=CC1. The predicted molar refractivity (Wildman–Crippen MR) is 29.1 cm³/mol. The molecule has 0 amide bonds. The Balaban J connectivity index is 2.49. The Morgan fingerprint density at radius 1 is 1.86 bits per heavy atom. The average Bonchev–Trinajstić information content (AvgIpc) is 1.69. The molecule has 0 bridgehead atoms. The third-order valence-electron chi connectivity index (χ3n) is 0.612. The molecule has 1 aliphatic rings. The molecule has 1 aliphatic heterocycles. The van der Waals surface area contributed by atoms with Crippen LogP contribution in [0.4, 0.5) is 0 Å². The van der Waals surface area contributed by atoms with Crippen molar-refractivity contribution >= 4 is 18.1 Å². The van der Waals surface area contributed by atoms with Crippen LogP contribution in [0.25, 0.3) is 0 Å². The van der Waals surface area contributed by atoms with Crippen molar-refractivity contribution in [3.05, 3.63) is 12.3 Å². The minimum Gasteiger partial charge on any atom is -0.262 e. The Morgan fingerprint density at radius 3 is 3.00 bits per heavy atom. The highest BCUT2D eigenvalue weighted by Crippen LogP contribution is 1.94. The van der Waals surface area contributed by atoms with Crippen LogP contribution in [-0.4, -0.2) is 17.3 Å². The van der Waals surface area contributed by atoms with E-state index >= 15 is 0 Å². The second-order valence-corrected chi connectivity index (χ2v) is 1.57. The molecule has 0 N–H and O–H groups in total. The maximum Gasteiger partial charge on any atom is 0.188 e. The highest BCUT2D eigenvalue weighted by Gasteiger charge is 1.92. The maximum atomic E-state index is 5.39. The van der Waals surface area contributed by atoms with E-state index in [4.69, 9.17) is 11.8 Å². The molecule has 0 atom stereocenters. The van der Waals surface area contributed by atoms with Gasteiger partial charge in [-0.1, -0.05) is 0 Å². The fourth-order valence-corrected chi connectivity index (χ4v) is 0.453. The quantitative estimate of drug-likeness (QED) is 0.428. The van der Waals surface area contributed by atoms with Gasteiger partial charge in [0.25, 0.3) is 0 Å². The lowest BCUT2D eigenvalue weighted by molar-refractivity contribution is 0.748. The molecule has 0 aromatic rings. The first-order valence-electron chi connectivity index (χ1n) is 1.93. The molecule has 0 spiro atoms. The third-order valence-corrected chi connectivity index (χ3v) is 0.825. The summed E-state index contributed by atoms with van der Waals surface area (Å²) in [6.07, 6.45) is 6.04. The first-order valence-corrected chi connectivity index (χ1v) is 2.27. The summed E-state index contributed by atoms with van der Waals surface area (Å²) in [6, 6.07) is 0. The molecule has 0 saturated heterocycles. The van der Waals surface area contributed by atoms with E-state index in [1.54, 1.807) is 6.20 Å². The smallest absolute Gasteiger partial charge is 0.188 e. The van der Waals surface area contributed by atoms with Gasteiger partial charge in [0.1, 0.15) is 0 Å². The Labute approximate surface area is 47.2 Å². The molecule has 0 fully saturated rings. The number of nitrogens with zero attached hydrogens (tertiary/aromatic N) is 2. The van der Waals surface area contributed by atoms with E-state index in [0.29, 0.717) is 6.54 Å². The molecule has 2 nitrogen and oxygen atoms in total. The lowest BCUT2D eigenvalue weighted by Gasteiger charge is -2.04. The molecule has 0 unspecified atom stereocenters. The highest BCUT2D eigenvalue weighted by molar-refractivity contribution is 6.18. The normalized spacial score (nSPS) is 18.1. The van der Waals surface area contributed by atoms with Crippen molar-refractivity contribution in [3.63, 3.8) is 0 Å². The van der Waals surface area contributed by atoms with E-state index in [-0.39, 0.29) is 0 Å². The monoisotopic (exact) mass is 115 g/mol. The van der Waals surface area contributed by atoms with Crippen LogP contribution in [-0.2, 0) is 0 Å². The van der Waals surface area contributed by atoms with Crippen molar-refractivity contribution in [2.45, 2.75) is 0 Å². The molecular weight excluding hydrogens is 112 g/mol. The molecule has 1 rings (SSSR count). The summed E-state index contributed by atoms with van der Waals surface area (Å²) in [6.45, 7) is 0.699. The standard InChI is InChI=1S/C4H4ClN2/c5-7-3-1-2-6-4-7/h1-2H,3H2. The van der Waals surface area contributed by atoms with Gasteiger partial charge in [0, 0.05) is 18.0 Å². The zero-order chi connectivity index (χ0) is 5.11. The minimum absolute atomic E-state index is 0.699. The van der Waals surface area contributed by atoms with Gasteiger partial charge in [-0.25, -0.2) is 4.99 Å². The molecule has 0 aromatic carbocycles. The topological polar surface area (TPSA) is 15.6 Å². The van der Waals surface area contributed by atoms with Crippen molar-refractivity contribution < 1.29 is 0 Å². The minimum atomic E-state index is 0.699. The van der Waals surface area contributed by atoms with E-state index in [9.17, 15) is 0 Å². The van der Waals surface area contributed by atoms with Crippen molar-refractivity contribution in [3.8, 4) is 0 Å². The van der Waals surface area contributed by atoms with E-state index in [0.717, 1.165) is 0 Å². The Morgan fingerprint density at radius 2 is 2.71 bits per heavy atom. The molecule has 1 radical (unpaired) electrons. The van der Waals surface area contributed by atoms with Crippen LogP contribution in [0.5, 0.6) is 0 Å². The van der Waals surface area contributed by atoms with E-state index in [1.165, 1.54) is 4.42 Å². The van der Waals surface area contributed by atoms with Crippen LogP contribution in [0, 0.1) is 0 Å². The Kier molecular flexibility index (Phi) is 1.32. The highest BCUT2D eigenvalue weighted by atomic mass is 35.5. The van der Waals surface area contributed by atoms with Crippen molar-refractivity contribution in [2.24, 2.45) is 4.99 Å². The average molecular weight is 116 g/mol. The van der Waals surface area contributed by atoms with Gasteiger partial charge in [0.2, 0.25) is 0 Å². The number of halogens is 1. The number of hydrogen-bond acceptors (Lipinski definition) is 2. The van der Waals surface area contributed by atoms with Gasteiger partial charge < -0.3 is 0 Å². The predicted octanol–water partition coefficient (Wildman–Crippen LogP) is 0.875. The van der Waals surface area contributed by atoms with Gasteiger partial charge in [0.05, 0.1) is 6.54 Å². The summed E-state index contributed by atoms with van der Waals surface area (Å²) in [7, 11) is 0. The molecule has 3 heteroatoms. The molecule has 0 aliphatic carbocycles. The summed E-state index contributed by atoms with van der Waals surface area (Å²) >= 11 is 5.39. The number of aliphatic imine (C=N–C) groups is 1. The van der Waals surface area contributed by atoms with Crippen LogP contribution in [0.2, 0.25) is 0 Å². The van der Waals surface area contributed by atoms with Crippen LogP contribution < -0.4 is 0 Å². The lowest BCUT2D eigenvalue weighted by atomic mass is 10.6. The Bertz CT molecular complexity index is 108. The van der Waals surface area contributed by atoms with E-state index in [2.05, 4.69) is 11.3 Å². The molecule has 7 heavy (non-hydrogen) atoms. The van der Waals surface area contributed by atoms with Gasteiger partial charge in [-0.2, -0.15) is 0 Å². The lowest BCUT2D eigenvalue weighted by Crippen LogP contribution is -2.10. The van der Waals surface area contributed by atoms with Crippen molar-refractivity contribution in [2.75, 3.05) is 6.54 Å². The molecule has 0 aromatic heterocycles.